The van der Waals surface area contributed by atoms with E-state index in [1.165, 1.54) is 0 Å². The number of benzene rings is 1. The van der Waals surface area contributed by atoms with Gasteiger partial charge < -0.3 is 14.7 Å². The van der Waals surface area contributed by atoms with E-state index < -0.39 is 5.97 Å². The monoisotopic (exact) mass is 275 g/mol. The van der Waals surface area contributed by atoms with Gasteiger partial charge in [0, 0.05) is 19.0 Å². The van der Waals surface area contributed by atoms with Crippen molar-refractivity contribution in [1.82, 2.24) is 10.2 Å². The first-order valence-corrected chi connectivity index (χ1v) is 6.43. The molecule has 0 spiro atoms. The van der Waals surface area contributed by atoms with Crippen LogP contribution in [0.1, 0.15) is 17.4 Å². The Morgan fingerprint density at radius 2 is 2.10 bits per heavy atom. The summed E-state index contributed by atoms with van der Waals surface area (Å²) >= 11 is 0. The van der Waals surface area contributed by atoms with Crippen molar-refractivity contribution in [2.75, 3.05) is 31.7 Å². The van der Waals surface area contributed by atoms with Crippen LogP contribution in [-0.4, -0.2) is 48.1 Å². The molecule has 20 heavy (non-hydrogen) atoms. The number of likely N-dealkylation sites (N-methyl/N-ethyl adjacent to an activating group) is 1. The minimum atomic E-state index is -0.509. The van der Waals surface area contributed by atoms with Gasteiger partial charge in [0.2, 0.25) is 0 Å². The molecule has 1 N–H and O–H groups in total. The number of aliphatic hydroxyl groups is 1. The van der Waals surface area contributed by atoms with Gasteiger partial charge in [-0.1, -0.05) is 18.2 Å². The third-order valence-corrected chi connectivity index (χ3v) is 2.93. The average molecular weight is 275 g/mol. The van der Waals surface area contributed by atoms with E-state index in [-0.39, 0.29) is 18.9 Å². The highest BCUT2D eigenvalue weighted by Gasteiger charge is 2.21. The minimum Gasteiger partial charge on any atom is -0.461 e. The summed E-state index contributed by atoms with van der Waals surface area (Å²) in [5.74, 6) is -0.509. The van der Waals surface area contributed by atoms with Crippen LogP contribution < -0.4 is 4.90 Å². The average Bonchev–Trinajstić information content (AvgIpc) is 2.46. The van der Waals surface area contributed by atoms with Crippen molar-refractivity contribution in [3.8, 4) is 0 Å². The maximum absolute atomic E-state index is 12.0. The number of hydrogen-bond acceptors (Lipinski definition) is 6. The highest BCUT2D eigenvalue weighted by Crippen LogP contribution is 2.27. The molecule has 1 heterocycles. The first-order chi connectivity index (χ1) is 9.69. The molecule has 0 fully saturated rings. The number of aliphatic hydroxyl groups excluding tert-OH is 1. The number of rotatable bonds is 5. The lowest BCUT2D eigenvalue weighted by molar-refractivity contribution is 0.0519. The Labute approximate surface area is 117 Å². The highest BCUT2D eigenvalue weighted by molar-refractivity contribution is 6.03. The second kappa shape index (κ2) is 6.29. The maximum atomic E-state index is 12.0. The summed E-state index contributed by atoms with van der Waals surface area (Å²) in [5, 5.41) is 17.9. The summed E-state index contributed by atoms with van der Waals surface area (Å²) < 4.78 is 5.02. The van der Waals surface area contributed by atoms with Crippen molar-refractivity contribution in [3.05, 3.63) is 30.0 Å². The van der Waals surface area contributed by atoms with Crippen LogP contribution >= 0.6 is 0 Å². The summed E-state index contributed by atoms with van der Waals surface area (Å²) in [6, 6.07) is 7.43. The molecule has 0 unspecified atom stereocenters. The Morgan fingerprint density at radius 1 is 1.35 bits per heavy atom. The molecule has 0 bridgehead atoms. The molecule has 2 aromatic rings. The zero-order chi connectivity index (χ0) is 14.5. The Bertz CT molecular complexity index is 616. The van der Waals surface area contributed by atoms with E-state index in [0.717, 1.165) is 5.39 Å². The van der Waals surface area contributed by atoms with Crippen LogP contribution in [0.15, 0.2) is 24.3 Å². The van der Waals surface area contributed by atoms with Gasteiger partial charge in [-0.05, 0) is 13.0 Å². The first-order valence-electron chi connectivity index (χ1n) is 6.43. The van der Waals surface area contributed by atoms with E-state index >= 15 is 0 Å². The van der Waals surface area contributed by atoms with Gasteiger partial charge in [-0.3, -0.25) is 0 Å². The Morgan fingerprint density at radius 3 is 2.80 bits per heavy atom. The molecule has 0 atom stereocenters. The standard InChI is InChI=1S/C14H17N3O3/c1-3-20-14(19)12-13(17(2)8-9-18)10-6-4-5-7-11(10)15-16-12/h4-7,18H,3,8-9H2,1-2H3. The minimum absolute atomic E-state index is 0.0184. The Hall–Kier alpha value is -2.21. The SMILES string of the molecule is CCOC(=O)c1nnc2ccccc2c1N(C)CCO. The lowest BCUT2D eigenvalue weighted by Gasteiger charge is -2.21. The number of fused-ring (bicyclic) bond motifs is 1. The molecule has 0 aliphatic carbocycles. The predicted molar refractivity (Wildman–Crippen MR) is 75.9 cm³/mol. The quantitative estimate of drug-likeness (QED) is 0.827. The van der Waals surface area contributed by atoms with Crippen molar-refractivity contribution in [2.24, 2.45) is 0 Å². The summed E-state index contributed by atoms with van der Waals surface area (Å²) in [7, 11) is 1.79. The molecule has 0 aliphatic heterocycles. The molecule has 0 saturated carbocycles. The Balaban J connectivity index is 2.61. The molecule has 0 aliphatic rings. The van der Waals surface area contributed by atoms with Gasteiger partial charge in [0.05, 0.1) is 24.4 Å². The largest absolute Gasteiger partial charge is 0.461 e. The molecule has 1 aromatic heterocycles. The van der Waals surface area contributed by atoms with Crippen LogP contribution in [0.3, 0.4) is 0 Å². The van der Waals surface area contributed by atoms with Crippen LogP contribution in [0.5, 0.6) is 0 Å². The van der Waals surface area contributed by atoms with E-state index in [1.807, 2.05) is 24.3 Å². The zero-order valence-electron chi connectivity index (χ0n) is 11.5. The number of nitrogens with zero attached hydrogens (tertiary/aromatic N) is 3. The summed E-state index contributed by atoms with van der Waals surface area (Å²) in [4.78, 5) is 13.8. The molecule has 0 saturated heterocycles. The van der Waals surface area contributed by atoms with Gasteiger partial charge in [0.1, 0.15) is 0 Å². The third-order valence-electron chi connectivity index (χ3n) is 2.93. The van der Waals surface area contributed by atoms with Crippen LogP contribution in [0, 0.1) is 0 Å². The number of aromatic nitrogens is 2. The molecule has 106 valence electrons. The fourth-order valence-electron chi connectivity index (χ4n) is 2.03. The van der Waals surface area contributed by atoms with E-state index in [9.17, 15) is 4.79 Å². The number of anilines is 1. The van der Waals surface area contributed by atoms with Gasteiger partial charge in [-0.15, -0.1) is 10.2 Å². The van der Waals surface area contributed by atoms with Crippen molar-refractivity contribution < 1.29 is 14.6 Å². The fourth-order valence-corrected chi connectivity index (χ4v) is 2.03. The molecule has 6 nitrogen and oxygen atoms in total. The van der Waals surface area contributed by atoms with Gasteiger partial charge >= 0.3 is 5.97 Å². The number of carbonyl (C=O) groups excluding carboxylic acids is 1. The van der Waals surface area contributed by atoms with E-state index in [4.69, 9.17) is 9.84 Å². The number of esters is 1. The van der Waals surface area contributed by atoms with Gasteiger partial charge in [-0.25, -0.2) is 4.79 Å². The topological polar surface area (TPSA) is 75.5 Å². The highest BCUT2D eigenvalue weighted by atomic mass is 16.5. The number of ether oxygens (including phenoxy) is 1. The molecule has 0 amide bonds. The van der Waals surface area contributed by atoms with E-state index in [0.29, 0.717) is 17.7 Å². The first kappa shape index (κ1) is 14.2. The van der Waals surface area contributed by atoms with Gasteiger partial charge in [-0.2, -0.15) is 0 Å². The summed E-state index contributed by atoms with van der Waals surface area (Å²) in [6.45, 7) is 2.39. The summed E-state index contributed by atoms with van der Waals surface area (Å²) in [6.07, 6.45) is 0. The van der Waals surface area contributed by atoms with Crippen LogP contribution in [0.25, 0.3) is 10.9 Å². The van der Waals surface area contributed by atoms with Gasteiger partial charge in [0.15, 0.2) is 5.69 Å². The molecule has 6 heteroatoms. The molecule has 2 rings (SSSR count). The van der Waals surface area contributed by atoms with Crippen LogP contribution in [0.4, 0.5) is 5.69 Å². The van der Waals surface area contributed by atoms with E-state index in [2.05, 4.69) is 10.2 Å². The number of carbonyl (C=O) groups is 1. The molecular weight excluding hydrogens is 258 g/mol. The van der Waals surface area contributed by atoms with Crippen LogP contribution in [-0.2, 0) is 4.74 Å². The molecule has 0 radical (unpaired) electrons. The third kappa shape index (κ3) is 2.70. The lowest BCUT2D eigenvalue weighted by atomic mass is 10.1. The second-order valence-electron chi connectivity index (χ2n) is 4.28. The normalized spacial score (nSPS) is 10.6. The van der Waals surface area contributed by atoms with Crippen molar-refractivity contribution in [2.45, 2.75) is 6.92 Å². The Kier molecular flexibility index (Phi) is 4.47. The van der Waals surface area contributed by atoms with E-state index in [1.54, 1.807) is 18.9 Å². The number of hydrogen-bond donors (Lipinski definition) is 1. The molecular formula is C14H17N3O3. The maximum Gasteiger partial charge on any atom is 0.361 e. The summed E-state index contributed by atoms with van der Waals surface area (Å²) in [5.41, 5.74) is 1.49. The van der Waals surface area contributed by atoms with Crippen molar-refractivity contribution in [1.29, 1.82) is 0 Å². The smallest absolute Gasteiger partial charge is 0.361 e. The zero-order valence-corrected chi connectivity index (χ0v) is 11.5. The van der Waals surface area contributed by atoms with Crippen molar-refractivity contribution in [3.63, 3.8) is 0 Å². The lowest BCUT2D eigenvalue weighted by Crippen LogP contribution is -2.25. The van der Waals surface area contributed by atoms with Crippen molar-refractivity contribution >= 4 is 22.6 Å². The fraction of sp³-hybridized carbons (Fsp3) is 0.357. The second-order valence-corrected chi connectivity index (χ2v) is 4.28. The van der Waals surface area contributed by atoms with Crippen LogP contribution in [0.2, 0.25) is 0 Å². The molecule has 1 aromatic carbocycles. The predicted octanol–water partition coefficient (Wildman–Crippen LogP) is 1.23. The van der Waals surface area contributed by atoms with Gasteiger partial charge in [0.25, 0.3) is 0 Å².